The van der Waals surface area contributed by atoms with E-state index >= 15 is 0 Å². The van der Waals surface area contributed by atoms with Crippen molar-refractivity contribution in [3.63, 3.8) is 0 Å². The smallest absolute Gasteiger partial charge is 0.275 e. The maximum absolute atomic E-state index is 12.2. The molecule has 2 aromatic rings. The second kappa shape index (κ2) is 7.53. The summed E-state index contributed by atoms with van der Waals surface area (Å²) in [6, 6.07) is 13.5. The Morgan fingerprint density at radius 1 is 1.07 bits per heavy atom. The van der Waals surface area contributed by atoms with E-state index in [-0.39, 0.29) is 5.91 Å². The molecule has 0 atom stereocenters. The summed E-state index contributed by atoms with van der Waals surface area (Å²) in [4.78, 5) is 16.7. The minimum Gasteiger partial charge on any atom is -0.497 e. The monoisotopic (exact) mass is 364 g/mol. The Kier molecular flexibility index (Phi) is 4.78. The number of carbonyl (C=O) groups is 1. The fourth-order valence-electron chi connectivity index (χ4n) is 3.00. The lowest BCUT2D eigenvalue weighted by molar-refractivity contribution is -0.115. The predicted molar refractivity (Wildman–Crippen MR) is 102 cm³/mol. The molecule has 2 aromatic carbocycles. The molecule has 6 nitrogen and oxygen atoms in total. The molecule has 0 saturated heterocycles. The first-order valence-corrected chi connectivity index (χ1v) is 8.84. The molecule has 0 aliphatic carbocycles. The fraction of sp³-hybridized carbons (Fsp3) is 0.238. The van der Waals surface area contributed by atoms with Gasteiger partial charge in [0.2, 0.25) is 0 Å². The molecule has 2 aliphatic heterocycles. The maximum Gasteiger partial charge on any atom is 0.275 e. The highest BCUT2D eigenvalue weighted by molar-refractivity contribution is 6.14. The lowest BCUT2D eigenvalue weighted by Crippen LogP contribution is -2.24. The van der Waals surface area contributed by atoms with Crippen molar-refractivity contribution < 1.29 is 19.0 Å². The number of amidine groups is 1. The van der Waals surface area contributed by atoms with E-state index in [0.29, 0.717) is 36.9 Å². The lowest BCUT2D eigenvalue weighted by Gasteiger charge is -2.18. The number of aliphatic imine (C=N–C) groups is 1. The SMILES string of the molecule is COc1ccc(CCC2=N/C(=C/c3ccc4c(c3)OCCO4)C(=O)N2)cc1. The van der Waals surface area contributed by atoms with Gasteiger partial charge >= 0.3 is 0 Å². The van der Waals surface area contributed by atoms with Crippen LogP contribution in [0.3, 0.4) is 0 Å². The Morgan fingerprint density at radius 2 is 1.85 bits per heavy atom. The average Bonchev–Trinajstić information content (AvgIpc) is 3.06. The minimum atomic E-state index is -0.186. The van der Waals surface area contributed by atoms with Crippen molar-refractivity contribution in [2.75, 3.05) is 20.3 Å². The number of nitrogens with one attached hydrogen (secondary N) is 1. The van der Waals surface area contributed by atoms with Crippen molar-refractivity contribution in [1.82, 2.24) is 5.32 Å². The number of fused-ring (bicyclic) bond motifs is 1. The van der Waals surface area contributed by atoms with Gasteiger partial charge in [-0.1, -0.05) is 18.2 Å². The number of ether oxygens (including phenoxy) is 3. The summed E-state index contributed by atoms with van der Waals surface area (Å²) < 4.78 is 16.3. The normalized spacial score (nSPS) is 16.9. The quantitative estimate of drug-likeness (QED) is 0.828. The number of benzene rings is 2. The third-order valence-electron chi connectivity index (χ3n) is 4.43. The maximum atomic E-state index is 12.2. The molecule has 0 radical (unpaired) electrons. The van der Waals surface area contributed by atoms with Crippen LogP contribution >= 0.6 is 0 Å². The highest BCUT2D eigenvalue weighted by atomic mass is 16.6. The van der Waals surface area contributed by atoms with E-state index in [4.69, 9.17) is 14.2 Å². The number of methoxy groups -OCH3 is 1. The van der Waals surface area contributed by atoms with E-state index in [1.807, 2.05) is 42.5 Å². The van der Waals surface area contributed by atoms with Crippen LogP contribution in [0, 0.1) is 0 Å². The zero-order chi connectivity index (χ0) is 18.6. The number of carbonyl (C=O) groups excluding carboxylic acids is 1. The summed E-state index contributed by atoms with van der Waals surface area (Å²) in [5.41, 5.74) is 2.41. The summed E-state index contributed by atoms with van der Waals surface area (Å²) in [5.74, 6) is 2.74. The van der Waals surface area contributed by atoms with Gasteiger partial charge in [-0.25, -0.2) is 4.99 Å². The largest absolute Gasteiger partial charge is 0.497 e. The van der Waals surface area contributed by atoms with Crippen molar-refractivity contribution in [3.05, 3.63) is 59.3 Å². The van der Waals surface area contributed by atoms with Crippen LogP contribution in [0.15, 0.2) is 53.2 Å². The topological polar surface area (TPSA) is 69.1 Å². The van der Waals surface area contributed by atoms with Crippen molar-refractivity contribution in [2.24, 2.45) is 4.99 Å². The summed E-state index contributed by atoms with van der Waals surface area (Å²) in [6.45, 7) is 1.08. The predicted octanol–water partition coefficient (Wildman–Crippen LogP) is 2.97. The third-order valence-corrected chi connectivity index (χ3v) is 4.43. The van der Waals surface area contributed by atoms with Crippen LogP contribution in [-0.4, -0.2) is 32.1 Å². The van der Waals surface area contributed by atoms with Gasteiger partial charge in [0.05, 0.1) is 7.11 Å². The molecule has 1 amide bonds. The molecule has 0 aromatic heterocycles. The number of hydrogen-bond acceptors (Lipinski definition) is 5. The van der Waals surface area contributed by atoms with Crippen LogP contribution in [0.2, 0.25) is 0 Å². The average molecular weight is 364 g/mol. The Hall–Kier alpha value is -3.28. The molecule has 0 spiro atoms. The highest BCUT2D eigenvalue weighted by Gasteiger charge is 2.20. The van der Waals surface area contributed by atoms with Gasteiger partial charge in [0, 0.05) is 6.42 Å². The second-order valence-electron chi connectivity index (χ2n) is 6.29. The van der Waals surface area contributed by atoms with E-state index in [1.165, 1.54) is 0 Å². The second-order valence-corrected chi connectivity index (χ2v) is 6.29. The van der Waals surface area contributed by atoms with Gasteiger partial charge < -0.3 is 19.5 Å². The van der Waals surface area contributed by atoms with Crippen molar-refractivity contribution in [2.45, 2.75) is 12.8 Å². The van der Waals surface area contributed by atoms with Crippen molar-refractivity contribution >= 4 is 17.8 Å². The van der Waals surface area contributed by atoms with E-state index in [9.17, 15) is 4.79 Å². The molecule has 27 heavy (non-hydrogen) atoms. The van der Waals surface area contributed by atoms with Gasteiger partial charge in [-0.2, -0.15) is 0 Å². The van der Waals surface area contributed by atoms with E-state index in [2.05, 4.69) is 10.3 Å². The Bertz CT molecular complexity index is 916. The Labute approximate surface area is 157 Å². The van der Waals surface area contributed by atoms with Crippen molar-refractivity contribution in [1.29, 1.82) is 0 Å². The molecule has 0 saturated carbocycles. The summed E-state index contributed by atoms with van der Waals surface area (Å²) in [7, 11) is 1.65. The number of nitrogens with zero attached hydrogens (tertiary/aromatic N) is 1. The first-order chi connectivity index (χ1) is 13.2. The van der Waals surface area contributed by atoms with Gasteiger partial charge in [0.1, 0.15) is 30.5 Å². The molecule has 0 bridgehead atoms. The number of aryl methyl sites for hydroxylation is 1. The summed E-state index contributed by atoms with van der Waals surface area (Å²) in [6.07, 6.45) is 3.21. The van der Waals surface area contributed by atoms with E-state index < -0.39 is 0 Å². The van der Waals surface area contributed by atoms with Gasteiger partial charge in [-0.3, -0.25) is 4.79 Å². The molecule has 0 unspecified atom stereocenters. The number of rotatable bonds is 5. The van der Waals surface area contributed by atoms with Crippen molar-refractivity contribution in [3.8, 4) is 17.2 Å². The van der Waals surface area contributed by atoms with Crippen LogP contribution < -0.4 is 19.5 Å². The molecule has 4 rings (SSSR count). The van der Waals surface area contributed by atoms with Gasteiger partial charge in [0.15, 0.2) is 11.5 Å². The molecule has 1 N–H and O–H groups in total. The molecule has 6 heteroatoms. The number of hydrogen-bond donors (Lipinski definition) is 1. The van der Waals surface area contributed by atoms with Crippen LogP contribution in [0.4, 0.5) is 0 Å². The zero-order valence-corrected chi connectivity index (χ0v) is 15.0. The first kappa shape index (κ1) is 17.1. The van der Waals surface area contributed by atoms with Crippen LogP contribution in [-0.2, 0) is 11.2 Å². The molecule has 2 aliphatic rings. The molecular formula is C21H20N2O4. The van der Waals surface area contributed by atoms with Crippen LogP contribution in [0.5, 0.6) is 17.2 Å². The third kappa shape index (κ3) is 3.95. The highest BCUT2D eigenvalue weighted by Crippen LogP contribution is 2.31. The molecule has 2 heterocycles. The summed E-state index contributed by atoms with van der Waals surface area (Å²) >= 11 is 0. The van der Waals surface area contributed by atoms with E-state index in [0.717, 1.165) is 29.0 Å². The standard InChI is InChI=1S/C21H20N2O4/c1-25-16-6-2-14(3-7-16)5-9-20-22-17(21(24)23-20)12-15-4-8-18-19(13-15)27-11-10-26-18/h2-4,6-8,12-13H,5,9-11H2,1H3,(H,22,23,24)/b17-12+. The molecular weight excluding hydrogens is 344 g/mol. The summed E-state index contributed by atoms with van der Waals surface area (Å²) in [5, 5.41) is 2.84. The molecule has 138 valence electrons. The minimum absolute atomic E-state index is 0.186. The number of amides is 1. The van der Waals surface area contributed by atoms with Crippen LogP contribution in [0.25, 0.3) is 6.08 Å². The zero-order valence-electron chi connectivity index (χ0n) is 15.0. The Morgan fingerprint density at radius 3 is 2.63 bits per heavy atom. The van der Waals surface area contributed by atoms with Crippen LogP contribution in [0.1, 0.15) is 17.5 Å². The Balaban J connectivity index is 1.45. The lowest BCUT2D eigenvalue weighted by atomic mass is 10.1. The van der Waals surface area contributed by atoms with Gasteiger partial charge in [-0.15, -0.1) is 0 Å². The van der Waals surface area contributed by atoms with Gasteiger partial charge in [0.25, 0.3) is 5.91 Å². The van der Waals surface area contributed by atoms with E-state index in [1.54, 1.807) is 13.2 Å². The van der Waals surface area contributed by atoms with Gasteiger partial charge in [-0.05, 0) is 47.9 Å². The fourth-order valence-corrected chi connectivity index (χ4v) is 3.00. The first-order valence-electron chi connectivity index (χ1n) is 8.84. The molecule has 0 fully saturated rings.